The van der Waals surface area contributed by atoms with Crippen LogP contribution in [0.3, 0.4) is 0 Å². The molecule has 0 N–H and O–H groups in total. The molecule has 0 aromatic heterocycles. The van der Waals surface area contributed by atoms with Crippen molar-refractivity contribution >= 4 is 5.78 Å². The molecule has 1 unspecified atom stereocenters. The highest BCUT2D eigenvalue weighted by molar-refractivity contribution is 5.89. The summed E-state index contributed by atoms with van der Waals surface area (Å²) in [4.78, 5) is 14.5. The fourth-order valence-corrected chi connectivity index (χ4v) is 2.70. The largest absolute Gasteiger partial charge is 0.297 e. The van der Waals surface area contributed by atoms with E-state index in [0.717, 1.165) is 19.4 Å². The number of rotatable bonds is 3. The van der Waals surface area contributed by atoms with E-state index in [1.165, 1.54) is 0 Å². The molecule has 1 atom stereocenters. The second-order valence-corrected chi connectivity index (χ2v) is 5.18. The Morgan fingerprint density at radius 2 is 1.86 bits per heavy atom. The van der Waals surface area contributed by atoms with Crippen LogP contribution in [0.2, 0.25) is 0 Å². The summed E-state index contributed by atoms with van der Waals surface area (Å²) in [5.41, 5.74) is -0.192. The molecule has 0 radical (unpaired) electrons. The van der Waals surface area contributed by atoms with Crippen molar-refractivity contribution in [2.75, 3.05) is 6.54 Å². The Labute approximate surface area is 87.7 Å². The normalized spacial score (nSPS) is 29.1. The van der Waals surface area contributed by atoms with Crippen molar-refractivity contribution in [3.63, 3.8) is 0 Å². The van der Waals surface area contributed by atoms with Crippen molar-refractivity contribution in [3.05, 3.63) is 0 Å². The zero-order valence-electron chi connectivity index (χ0n) is 10.1. The van der Waals surface area contributed by atoms with Crippen molar-refractivity contribution in [3.8, 4) is 0 Å². The number of likely N-dealkylation sites (tertiary alicyclic amines) is 1. The molecule has 0 aromatic rings. The van der Waals surface area contributed by atoms with Crippen LogP contribution >= 0.6 is 0 Å². The first-order chi connectivity index (χ1) is 6.39. The lowest BCUT2D eigenvalue weighted by atomic mass is 9.86. The average Bonchev–Trinajstić information content (AvgIpc) is 2.47. The monoisotopic (exact) mass is 197 g/mol. The van der Waals surface area contributed by atoms with Gasteiger partial charge < -0.3 is 0 Å². The maximum absolute atomic E-state index is 12.1. The van der Waals surface area contributed by atoms with Crippen LogP contribution in [0.4, 0.5) is 0 Å². The molecule has 1 fully saturated rings. The van der Waals surface area contributed by atoms with Gasteiger partial charge in [0.15, 0.2) is 5.78 Å². The number of nitrogens with zero attached hydrogens (tertiary/aromatic N) is 1. The lowest BCUT2D eigenvalue weighted by Gasteiger charge is -2.38. The molecule has 0 amide bonds. The van der Waals surface area contributed by atoms with Crippen LogP contribution < -0.4 is 0 Å². The summed E-state index contributed by atoms with van der Waals surface area (Å²) in [7, 11) is 0. The van der Waals surface area contributed by atoms with Crippen LogP contribution in [0.15, 0.2) is 0 Å². The van der Waals surface area contributed by atoms with Crippen LogP contribution in [0, 0.1) is 5.92 Å². The zero-order valence-corrected chi connectivity index (χ0v) is 10.1. The first-order valence-electron chi connectivity index (χ1n) is 5.70. The maximum Gasteiger partial charge on any atom is 0.155 e. The van der Waals surface area contributed by atoms with Gasteiger partial charge in [0.1, 0.15) is 0 Å². The summed E-state index contributed by atoms with van der Waals surface area (Å²) in [6.07, 6.45) is 2.19. The molecule has 1 saturated heterocycles. The fourth-order valence-electron chi connectivity index (χ4n) is 2.70. The summed E-state index contributed by atoms with van der Waals surface area (Å²) >= 11 is 0. The minimum atomic E-state index is -0.192. The predicted molar refractivity (Wildman–Crippen MR) is 59.3 cm³/mol. The number of hydrogen-bond acceptors (Lipinski definition) is 2. The molecular weight excluding hydrogens is 174 g/mol. The van der Waals surface area contributed by atoms with E-state index < -0.39 is 0 Å². The number of Topliss-reactive ketones (excluding diaryl/α,β-unsaturated/α-hetero) is 1. The summed E-state index contributed by atoms with van der Waals surface area (Å²) < 4.78 is 0. The zero-order chi connectivity index (χ0) is 10.9. The molecule has 82 valence electrons. The molecule has 2 heteroatoms. The van der Waals surface area contributed by atoms with Crippen molar-refractivity contribution in [1.82, 2.24) is 4.90 Å². The number of carbonyl (C=O) groups excluding carboxylic acids is 1. The van der Waals surface area contributed by atoms with E-state index in [0.29, 0.717) is 11.8 Å². The molecule has 0 spiro atoms. The topological polar surface area (TPSA) is 20.3 Å². The summed E-state index contributed by atoms with van der Waals surface area (Å²) in [5.74, 6) is 0.558. The number of ketones is 1. The molecule has 0 saturated carbocycles. The maximum atomic E-state index is 12.1. The van der Waals surface area contributed by atoms with E-state index in [2.05, 4.69) is 25.7 Å². The van der Waals surface area contributed by atoms with Crippen LogP contribution in [0.1, 0.15) is 47.5 Å². The third-order valence-electron chi connectivity index (χ3n) is 3.38. The molecule has 0 aromatic carbocycles. The Bertz CT molecular complexity index is 222. The fraction of sp³-hybridized carbons (Fsp3) is 0.917. The Morgan fingerprint density at radius 1 is 1.29 bits per heavy atom. The Balaban J connectivity index is 2.86. The van der Waals surface area contributed by atoms with E-state index >= 15 is 0 Å². The van der Waals surface area contributed by atoms with Crippen LogP contribution in [-0.4, -0.2) is 28.8 Å². The van der Waals surface area contributed by atoms with Gasteiger partial charge in [0.25, 0.3) is 0 Å². The average molecular weight is 197 g/mol. The lowest BCUT2D eigenvalue weighted by molar-refractivity contribution is -0.132. The SMILES string of the molecule is CC(C)C(=O)C1(C)CCCN1C(C)C. The van der Waals surface area contributed by atoms with Gasteiger partial charge in [-0.2, -0.15) is 0 Å². The minimum Gasteiger partial charge on any atom is -0.297 e. The van der Waals surface area contributed by atoms with Gasteiger partial charge in [-0.3, -0.25) is 9.69 Å². The van der Waals surface area contributed by atoms with Gasteiger partial charge in [-0.15, -0.1) is 0 Å². The Hall–Kier alpha value is -0.370. The van der Waals surface area contributed by atoms with E-state index in [-0.39, 0.29) is 11.5 Å². The van der Waals surface area contributed by atoms with Gasteiger partial charge in [0, 0.05) is 12.0 Å². The smallest absolute Gasteiger partial charge is 0.155 e. The van der Waals surface area contributed by atoms with Crippen LogP contribution in [-0.2, 0) is 4.79 Å². The molecule has 1 heterocycles. The van der Waals surface area contributed by atoms with Gasteiger partial charge in [-0.1, -0.05) is 13.8 Å². The van der Waals surface area contributed by atoms with Crippen molar-refractivity contribution in [2.45, 2.75) is 59.0 Å². The van der Waals surface area contributed by atoms with Crippen molar-refractivity contribution < 1.29 is 4.79 Å². The van der Waals surface area contributed by atoms with E-state index in [9.17, 15) is 4.79 Å². The lowest BCUT2D eigenvalue weighted by Crippen LogP contribution is -2.52. The second kappa shape index (κ2) is 4.01. The highest BCUT2D eigenvalue weighted by Crippen LogP contribution is 2.33. The molecule has 1 aliphatic heterocycles. The molecule has 14 heavy (non-hydrogen) atoms. The van der Waals surface area contributed by atoms with Crippen LogP contribution in [0.5, 0.6) is 0 Å². The molecule has 1 rings (SSSR count). The van der Waals surface area contributed by atoms with E-state index in [1.54, 1.807) is 0 Å². The van der Waals surface area contributed by atoms with Crippen molar-refractivity contribution in [2.24, 2.45) is 5.92 Å². The van der Waals surface area contributed by atoms with Gasteiger partial charge >= 0.3 is 0 Å². The Morgan fingerprint density at radius 3 is 2.29 bits per heavy atom. The Kier molecular flexibility index (Phi) is 3.36. The molecular formula is C12H23NO. The summed E-state index contributed by atoms with van der Waals surface area (Å²) in [6, 6.07) is 0.477. The third kappa shape index (κ3) is 1.85. The molecule has 1 aliphatic rings. The van der Waals surface area contributed by atoms with Gasteiger partial charge in [-0.25, -0.2) is 0 Å². The van der Waals surface area contributed by atoms with Gasteiger partial charge in [0.2, 0.25) is 0 Å². The number of hydrogen-bond donors (Lipinski definition) is 0. The minimum absolute atomic E-state index is 0.152. The van der Waals surface area contributed by atoms with Gasteiger partial charge in [0.05, 0.1) is 5.54 Å². The third-order valence-corrected chi connectivity index (χ3v) is 3.38. The van der Waals surface area contributed by atoms with E-state index in [1.807, 2.05) is 13.8 Å². The van der Waals surface area contributed by atoms with Crippen molar-refractivity contribution in [1.29, 1.82) is 0 Å². The first-order valence-corrected chi connectivity index (χ1v) is 5.70. The summed E-state index contributed by atoms with van der Waals surface area (Å²) in [5, 5.41) is 0. The first kappa shape index (κ1) is 11.7. The quantitative estimate of drug-likeness (QED) is 0.692. The number of carbonyl (C=O) groups is 1. The summed E-state index contributed by atoms with van der Waals surface area (Å²) in [6.45, 7) is 11.6. The molecule has 0 bridgehead atoms. The second-order valence-electron chi connectivity index (χ2n) is 5.18. The van der Waals surface area contributed by atoms with Gasteiger partial charge in [-0.05, 0) is 40.2 Å². The highest BCUT2D eigenvalue weighted by atomic mass is 16.1. The molecule has 0 aliphatic carbocycles. The predicted octanol–water partition coefficient (Wildman–Crippen LogP) is 2.47. The van der Waals surface area contributed by atoms with Crippen LogP contribution in [0.25, 0.3) is 0 Å². The highest BCUT2D eigenvalue weighted by Gasteiger charge is 2.44. The van der Waals surface area contributed by atoms with E-state index in [4.69, 9.17) is 0 Å². The standard InChI is InChI=1S/C12H23NO/c1-9(2)11(14)12(5)7-6-8-13(12)10(3)4/h9-10H,6-8H2,1-5H3. The molecule has 2 nitrogen and oxygen atoms in total.